The van der Waals surface area contributed by atoms with Crippen molar-refractivity contribution in [2.45, 2.75) is 33.1 Å². The van der Waals surface area contributed by atoms with Gasteiger partial charge in [0.25, 0.3) is 0 Å². The van der Waals surface area contributed by atoms with Crippen molar-refractivity contribution in [3.05, 3.63) is 29.6 Å². The van der Waals surface area contributed by atoms with E-state index in [2.05, 4.69) is 25.0 Å². The zero-order chi connectivity index (χ0) is 12.0. The second-order valence-corrected chi connectivity index (χ2v) is 3.92. The number of nitrogens with zero attached hydrogens (tertiary/aromatic N) is 2. The average molecular weight is 224 g/mol. The molecule has 4 nitrogen and oxygen atoms in total. The lowest BCUT2D eigenvalue weighted by Gasteiger charge is -2.10. The van der Waals surface area contributed by atoms with Crippen molar-refractivity contribution in [3.8, 4) is 0 Å². The van der Waals surface area contributed by atoms with Crippen molar-refractivity contribution in [3.63, 3.8) is 0 Å². The number of hydrogen-bond donors (Lipinski definition) is 0. The van der Waals surface area contributed by atoms with Crippen LogP contribution in [0.2, 0.25) is 0 Å². The van der Waals surface area contributed by atoms with Gasteiger partial charge in [-0.15, -0.1) is 0 Å². The van der Waals surface area contributed by atoms with Crippen molar-refractivity contribution in [2.75, 3.05) is 14.2 Å². The Morgan fingerprint density at radius 3 is 2.69 bits per heavy atom. The molecule has 0 saturated heterocycles. The number of ether oxygens (including phenoxy) is 2. The molecular formula is C12H20N2O2. The Labute approximate surface area is 96.9 Å². The third-order valence-corrected chi connectivity index (χ3v) is 2.28. The summed E-state index contributed by atoms with van der Waals surface area (Å²) in [4.78, 5) is 0. The van der Waals surface area contributed by atoms with Crippen molar-refractivity contribution in [1.82, 2.24) is 9.78 Å². The van der Waals surface area contributed by atoms with Gasteiger partial charge in [-0.25, -0.2) is 0 Å². The molecule has 0 amide bonds. The normalized spacial score (nSPS) is 10.8. The van der Waals surface area contributed by atoms with E-state index in [4.69, 9.17) is 9.47 Å². The van der Waals surface area contributed by atoms with Crippen LogP contribution in [0.15, 0.2) is 23.9 Å². The second kappa shape index (κ2) is 6.45. The lowest BCUT2D eigenvalue weighted by Crippen LogP contribution is -2.16. The molecule has 1 aromatic heterocycles. The van der Waals surface area contributed by atoms with Crippen molar-refractivity contribution >= 4 is 0 Å². The number of methoxy groups -OCH3 is 2. The molecule has 0 aliphatic heterocycles. The third-order valence-electron chi connectivity index (χ3n) is 2.28. The molecular weight excluding hydrogens is 204 g/mol. The quantitative estimate of drug-likeness (QED) is 0.548. The molecule has 0 atom stereocenters. The molecule has 0 bridgehead atoms. The molecule has 0 saturated carbocycles. The molecule has 16 heavy (non-hydrogen) atoms. The fourth-order valence-corrected chi connectivity index (χ4v) is 1.32. The molecule has 0 aliphatic carbocycles. The zero-order valence-electron chi connectivity index (χ0n) is 10.4. The van der Waals surface area contributed by atoms with Gasteiger partial charge in [0.1, 0.15) is 0 Å². The Bertz CT molecular complexity index is 337. The molecule has 0 fully saturated rings. The average Bonchev–Trinajstić information content (AvgIpc) is 2.70. The standard InChI is InChI=1S/C12H20N2O2/c1-10(2)5-7-14-8-6-11(13-14)9-12(15-3)16-4/h5-6,8,12H,7,9H2,1-4H3. The van der Waals surface area contributed by atoms with Crippen LogP contribution in [0.1, 0.15) is 19.5 Å². The van der Waals surface area contributed by atoms with Gasteiger partial charge in [-0.05, 0) is 19.9 Å². The second-order valence-electron chi connectivity index (χ2n) is 3.92. The van der Waals surface area contributed by atoms with Gasteiger partial charge in [0, 0.05) is 26.8 Å². The summed E-state index contributed by atoms with van der Waals surface area (Å²) in [6.45, 7) is 4.97. The highest BCUT2D eigenvalue weighted by Gasteiger charge is 2.08. The number of allylic oxidation sites excluding steroid dienone is 2. The first kappa shape index (κ1) is 12.9. The van der Waals surface area contributed by atoms with Crippen LogP contribution in [0.4, 0.5) is 0 Å². The molecule has 1 heterocycles. The number of rotatable bonds is 6. The summed E-state index contributed by atoms with van der Waals surface area (Å²) in [6.07, 6.45) is 4.57. The fourth-order valence-electron chi connectivity index (χ4n) is 1.32. The molecule has 0 radical (unpaired) electrons. The predicted octanol–water partition coefficient (Wildman–Crippen LogP) is 2.01. The highest BCUT2D eigenvalue weighted by molar-refractivity contribution is 5.01. The maximum absolute atomic E-state index is 5.13. The fraction of sp³-hybridized carbons (Fsp3) is 0.583. The Kier molecular flexibility index (Phi) is 5.22. The first-order valence-electron chi connectivity index (χ1n) is 5.37. The van der Waals surface area contributed by atoms with E-state index in [9.17, 15) is 0 Å². The summed E-state index contributed by atoms with van der Waals surface area (Å²) in [6, 6.07) is 1.99. The third kappa shape index (κ3) is 4.16. The first-order chi connectivity index (χ1) is 7.65. The summed E-state index contributed by atoms with van der Waals surface area (Å²) < 4.78 is 12.2. The molecule has 0 spiro atoms. The summed E-state index contributed by atoms with van der Waals surface area (Å²) in [5.74, 6) is 0. The van der Waals surface area contributed by atoms with Gasteiger partial charge < -0.3 is 9.47 Å². The monoisotopic (exact) mass is 224 g/mol. The lowest BCUT2D eigenvalue weighted by atomic mass is 10.3. The van der Waals surface area contributed by atoms with E-state index >= 15 is 0 Å². The van der Waals surface area contributed by atoms with Crippen molar-refractivity contribution in [2.24, 2.45) is 0 Å². The Balaban J connectivity index is 2.54. The van der Waals surface area contributed by atoms with Gasteiger partial charge in [-0.3, -0.25) is 4.68 Å². The van der Waals surface area contributed by atoms with Gasteiger partial charge in [-0.2, -0.15) is 5.10 Å². The van der Waals surface area contributed by atoms with Crippen LogP contribution in [0, 0.1) is 0 Å². The van der Waals surface area contributed by atoms with Crippen LogP contribution < -0.4 is 0 Å². The topological polar surface area (TPSA) is 36.3 Å². The summed E-state index contributed by atoms with van der Waals surface area (Å²) >= 11 is 0. The van der Waals surface area contributed by atoms with E-state index in [-0.39, 0.29) is 6.29 Å². The van der Waals surface area contributed by atoms with Crippen LogP contribution >= 0.6 is 0 Å². The first-order valence-corrected chi connectivity index (χ1v) is 5.37. The van der Waals surface area contributed by atoms with Crippen LogP contribution in [-0.4, -0.2) is 30.3 Å². The van der Waals surface area contributed by atoms with Gasteiger partial charge in [-0.1, -0.05) is 11.6 Å². The van der Waals surface area contributed by atoms with E-state index in [0.29, 0.717) is 6.42 Å². The molecule has 1 rings (SSSR count). The van der Waals surface area contributed by atoms with E-state index in [1.165, 1.54) is 5.57 Å². The summed E-state index contributed by atoms with van der Waals surface area (Å²) in [5, 5.41) is 4.43. The minimum absolute atomic E-state index is 0.216. The van der Waals surface area contributed by atoms with Gasteiger partial charge >= 0.3 is 0 Å². The van der Waals surface area contributed by atoms with Crippen molar-refractivity contribution in [1.29, 1.82) is 0 Å². The maximum atomic E-state index is 5.13. The molecule has 0 aromatic carbocycles. The number of hydrogen-bond acceptors (Lipinski definition) is 3. The number of aromatic nitrogens is 2. The van der Waals surface area contributed by atoms with Crippen LogP contribution in [0.25, 0.3) is 0 Å². The van der Waals surface area contributed by atoms with E-state index < -0.39 is 0 Å². The summed E-state index contributed by atoms with van der Waals surface area (Å²) in [7, 11) is 3.27. The van der Waals surface area contributed by atoms with E-state index in [1.807, 2.05) is 16.9 Å². The SMILES string of the molecule is COC(Cc1ccn(CC=C(C)C)n1)OC. The summed E-state index contributed by atoms with van der Waals surface area (Å²) in [5.41, 5.74) is 2.28. The van der Waals surface area contributed by atoms with Gasteiger partial charge in [0.05, 0.1) is 12.2 Å². The molecule has 0 N–H and O–H groups in total. The molecule has 4 heteroatoms. The largest absolute Gasteiger partial charge is 0.356 e. The molecule has 0 unspecified atom stereocenters. The van der Waals surface area contributed by atoms with Crippen molar-refractivity contribution < 1.29 is 9.47 Å². The Hall–Kier alpha value is -1.13. The minimum Gasteiger partial charge on any atom is -0.356 e. The Morgan fingerprint density at radius 1 is 1.44 bits per heavy atom. The molecule has 90 valence electrons. The smallest absolute Gasteiger partial charge is 0.162 e. The van der Waals surface area contributed by atoms with Crippen LogP contribution in [0.3, 0.4) is 0 Å². The van der Waals surface area contributed by atoms with Crippen LogP contribution in [0.5, 0.6) is 0 Å². The lowest BCUT2D eigenvalue weighted by molar-refractivity contribution is -0.101. The highest BCUT2D eigenvalue weighted by atomic mass is 16.7. The highest BCUT2D eigenvalue weighted by Crippen LogP contribution is 2.04. The Morgan fingerprint density at radius 2 is 2.12 bits per heavy atom. The van der Waals surface area contributed by atoms with Gasteiger partial charge in [0.15, 0.2) is 6.29 Å². The molecule has 0 aliphatic rings. The van der Waals surface area contributed by atoms with E-state index in [0.717, 1.165) is 12.2 Å². The predicted molar refractivity (Wildman–Crippen MR) is 63.2 cm³/mol. The van der Waals surface area contributed by atoms with E-state index in [1.54, 1.807) is 14.2 Å². The van der Waals surface area contributed by atoms with Crippen LogP contribution in [-0.2, 0) is 22.4 Å². The zero-order valence-corrected chi connectivity index (χ0v) is 10.4. The maximum Gasteiger partial charge on any atom is 0.162 e. The minimum atomic E-state index is -0.216. The molecule has 1 aromatic rings. The van der Waals surface area contributed by atoms with Gasteiger partial charge in [0.2, 0.25) is 0 Å².